The van der Waals surface area contributed by atoms with Crippen LogP contribution in [0.15, 0.2) is 18.2 Å². The Morgan fingerprint density at radius 2 is 1.80 bits per heavy atom. The zero-order valence-corrected chi connectivity index (χ0v) is 8.82. The van der Waals surface area contributed by atoms with E-state index < -0.39 is 0 Å². The van der Waals surface area contributed by atoms with Gasteiger partial charge in [-0.1, -0.05) is 6.42 Å². The zero-order chi connectivity index (χ0) is 10.7. The highest BCUT2D eigenvalue weighted by Gasteiger charge is 2.12. The first-order chi connectivity index (χ1) is 7.25. The van der Waals surface area contributed by atoms with Crippen molar-refractivity contribution in [2.75, 3.05) is 13.1 Å². The zero-order valence-electron chi connectivity index (χ0n) is 8.82. The Hall–Kier alpha value is -1.22. The maximum absolute atomic E-state index is 9.63. The third-order valence-corrected chi connectivity index (χ3v) is 2.91. The molecule has 3 heteroatoms. The Kier molecular flexibility index (Phi) is 3.11. The number of phenolic OH excluding ortho intramolecular Hbond substituents is 2. The van der Waals surface area contributed by atoms with E-state index in [4.69, 9.17) is 0 Å². The highest BCUT2D eigenvalue weighted by atomic mass is 16.3. The molecular weight excluding hydrogens is 190 g/mol. The minimum atomic E-state index is 0.222. The topological polar surface area (TPSA) is 43.7 Å². The molecule has 0 bridgehead atoms. The number of hydrogen-bond acceptors (Lipinski definition) is 3. The number of rotatable bonds is 2. The summed E-state index contributed by atoms with van der Waals surface area (Å²) in [5, 5.41) is 19.0. The minimum absolute atomic E-state index is 0.222. The van der Waals surface area contributed by atoms with Crippen LogP contribution in [0.4, 0.5) is 0 Å². The van der Waals surface area contributed by atoms with Crippen LogP contribution in [0.3, 0.4) is 0 Å². The molecule has 1 aliphatic heterocycles. The van der Waals surface area contributed by atoms with E-state index in [0.717, 1.165) is 25.2 Å². The van der Waals surface area contributed by atoms with E-state index >= 15 is 0 Å². The first-order valence-electron chi connectivity index (χ1n) is 5.49. The number of hydrogen-bond donors (Lipinski definition) is 2. The van der Waals surface area contributed by atoms with Crippen LogP contribution in [-0.2, 0) is 6.54 Å². The van der Waals surface area contributed by atoms with Gasteiger partial charge in [-0.3, -0.25) is 4.90 Å². The van der Waals surface area contributed by atoms with E-state index in [1.165, 1.54) is 25.3 Å². The molecule has 1 aromatic carbocycles. The van der Waals surface area contributed by atoms with Gasteiger partial charge in [0.15, 0.2) is 0 Å². The molecule has 0 saturated carbocycles. The fourth-order valence-corrected chi connectivity index (χ4v) is 2.06. The van der Waals surface area contributed by atoms with Gasteiger partial charge in [0, 0.05) is 12.1 Å². The molecule has 1 aliphatic rings. The molecule has 1 saturated heterocycles. The molecule has 0 aliphatic carbocycles. The van der Waals surface area contributed by atoms with Crippen LogP contribution in [0.5, 0.6) is 11.5 Å². The van der Waals surface area contributed by atoms with Gasteiger partial charge in [0.1, 0.15) is 11.5 Å². The molecule has 0 radical (unpaired) electrons. The van der Waals surface area contributed by atoms with Crippen molar-refractivity contribution in [2.24, 2.45) is 0 Å². The lowest BCUT2D eigenvalue weighted by molar-refractivity contribution is 0.218. The number of phenols is 2. The molecule has 2 N–H and O–H groups in total. The predicted molar refractivity (Wildman–Crippen MR) is 58.9 cm³/mol. The quantitative estimate of drug-likeness (QED) is 0.730. The number of benzene rings is 1. The van der Waals surface area contributed by atoms with Crippen LogP contribution in [0.1, 0.15) is 24.8 Å². The van der Waals surface area contributed by atoms with E-state index in [1.807, 2.05) is 0 Å². The van der Waals surface area contributed by atoms with Gasteiger partial charge in [-0.2, -0.15) is 0 Å². The first kappa shape index (κ1) is 10.3. The van der Waals surface area contributed by atoms with Crippen molar-refractivity contribution < 1.29 is 10.2 Å². The van der Waals surface area contributed by atoms with Gasteiger partial charge in [-0.15, -0.1) is 0 Å². The Balaban J connectivity index is 2.05. The average molecular weight is 207 g/mol. The predicted octanol–water partition coefficient (Wildman–Crippen LogP) is 2.08. The second-order valence-electron chi connectivity index (χ2n) is 4.15. The largest absolute Gasteiger partial charge is 0.508 e. The fourth-order valence-electron chi connectivity index (χ4n) is 2.06. The Bertz CT molecular complexity index is 332. The lowest BCUT2D eigenvalue weighted by Crippen LogP contribution is -2.29. The lowest BCUT2D eigenvalue weighted by Gasteiger charge is -2.26. The van der Waals surface area contributed by atoms with Gasteiger partial charge >= 0.3 is 0 Å². The highest BCUT2D eigenvalue weighted by Crippen LogP contribution is 2.24. The van der Waals surface area contributed by atoms with Crippen LogP contribution in [-0.4, -0.2) is 28.2 Å². The molecule has 0 spiro atoms. The summed E-state index contributed by atoms with van der Waals surface area (Å²) in [5.41, 5.74) is 0.817. The monoisotopic (exact) mass is 207 g/mol. The summed E-state index contributed by atoms with van der Waals surface area (Å²) in [5.74, 6) is 0.498. The van der Waals surface area contributed by atoms with Crippen LogP contribution in [0, 0.1) is 0 Å². The first-order valence-corrected chi connectivity index (χ1v) is 5.49. The smallest absolute Gasteiger partial charge is 0.120 e. The summed E-state index contributed by atoms with van der Waals surface area (Å²) in [7, 11) is 0. The van der Waals surface area contributed by atoms with Gasteiger partial charge < -0.3 is 10.2 Å². The van der Waals surface area contributed by atoms with Crippen LogP contribution in [0.2, 0.25) is 0 Å². The molecule has 1 fully saturated rings. The third kappa shape index (κ3) is 2.63. The molecule has 1 heterocycles. The summed E-state index contributed by atoms with van der Waals surface area (Å²) in [6.45, 7) is 2.92. The Morgan fingerprint density at radius 3 is 2.53 bits per heavy atom. The summed E-state index contributed by atoms with van der Waals surface area (Å²) in [4.78, 5) is 2.32. The molecule has 82 valence electrons. The Morgan fingerprint density at radius 1 is 1.07 bits per heavy atom. The lowest BCUT2D eigenvalue weighted by atomic mass is 10.1. The molecule has 0 aromatic heterocycles. The molecule has 0 amide bonds. The van der Waals surface area contributed by atoms with E-state index in [-0.39, 0.29) is 11.5 Å². The number of likely N-dealkylation sites (tertiary alicyclic amines) is 1. The number of aromatic hydroxyl groups is 2. The SMILES string of the molecule is Oc1ccc(O)c(CN2CCCCC2)c1. The molecule has 3 nitrogen and oxygen atoms in total. The standard InChI is InChI=1S/C12H17NO2/c14-11-4-5-12(15)10(8-11)9-13-6-2-1-3-7-13/h4-5,8,14-15H,1-3,6-7,9H2. The average Bonchev–Trinajstić information content (AvgIpc) is 2.25. The van der Waals surface area contributed by atoms with Crippen molar-refractivity contribution in [1.29, 1.82) is 0 Å². The molecule has 0 unspecified atom stereocenters. The van der Waals surface area contributed by atoms with Gasteiger partial charge in [0.25, 0.3) is 0 Å². The molecule has 2 rings (SSSR count). The molecule has 15 heavy (non-hydrogen) atoms. The second-order valence-corrected chi connectivity index (χ2v) is 4.15. The minimum Gasteiger partial charge on any atom is -0.508 e. The maximum atomic E-state index is 9.63. The van der Waals surface area contributed by atoms with Crippen molar-refractivity contribution in [3.63, 3.8) is 0 Å². The van der Waals surface area contributed by atoms with Crippen LogP contribution in [0.25, 0.3) is 0 Å². The van der Waals surface area contributed by atoms with Crippen LogP contribution < -0.4 is 0 Å². The van der Waals surface area contributed by atoms with Crippen molar-refractivity contribution >= 4 is 0 Å². The Labute approximate surface area is 90.0 Å². The van der Waals surface area contributed by atoms with E-state index in [0.29, 0.717) is 0 Å². The van der Waals surface area contributed by atoms with Gasteiger partial charge in [-0.25, -0.2) is 0 Å². The summed E-state index contributed by atoms with van der Waals surface area (Å²) in [6.07, 6.45) is 3.78. The summed E-state index contributed by atoms with van der Waals surface area (Å²) in [6, 6.07) is 4.70. The maximum Gasteiger partial charge on any atom is 0.120 e. The van der Waals surface area contributed by atoms with Crippen molar-refractivity contribution in [3.05, 3.63) is 23.8 Å². The van der Waals surface area contributed by atoms with Gasteiger partial charge in [0.05, 0.1) is 0 Å². The molecule has 0 atom stereocenters. The number of piperidine rings is 1. The fraction of sp³-hybridized carbons (Fsp3) is 0.500. The third-order valence-electron chi connectivity index (χ3n) is 2.91. The number of nitrogens with zero attached hydrogens (tertiary/aromatic N) is 1. The highest BCUT2D eigenvalue weighted by molar-refractivity contribution is 5.38. The van der Waals surface area contributed by atoms with E-state index in [1.54, 1.807) is 12.1 Å². The molecular formula is C12H17NO2. The van der Waals surface area contributed by atoms with Crippen molar-refractivity contribution in [2.45, 2.75) is 25.8 Å². The molecule has 1 aromatic rings. The van der Waals surface area contributed by atoms with E-state index in [9.17, 15) is 10.2 Å². The normalized spacial score (nSPS) is 17.9. The van der Waals surface area contributed by atoms with Crippen molar-refractivity contribution in [3.8, 4) is 11.5 Å². The second kappa shape index (κ2) is 4.53. The summed E-state index contributed by atoms with van der Waals surface area (Å²) < 4.78 is 0. The van der Waals surface area contributed by atoms with Crippen LogP contribution >= 0.6 is 0 Å². The van der Waals surface area contributed by atoms with Crippen molar-refractivity contribution in [1.82, 2.24) is 4.90 Å². The van der Waals surface area contributed by atoms with Gasteiger partial charge in [0.2, 0.25) is 0 Å². The van der Waals surface area contributed by atoms with Gasteiger partial charge in [-0.05, 0) is 44.1 Å². The summed E-state index contributed by atoms with van der Waals surface area (Å²) >= 11 is 0. The van der Waals surface area contributed by atoms with E-state index in [2.05, 4.69) is 4.90 Å².